The number of hydrogen-bond acceptors (Lipinski definition) is 6. The number of methoxy groups -OCH3 is 1. The minimum absolute atomic E-state index is 0.00874. The lowest BCUT2D eigenvalue weighted by Gasteiger charge is -2.22. The molecule has 0 unspecified atom stereocenters. The van der Waals surface area contributed by atoms with Crippen LogP contribution in [0.5, 0.6) is 11.5 Å². The van der Waals surface area contributed by atoms with E-state index in [4.69, 9.17) is 31.8 Å². The highest BCUT2D eigenvalue weighted by atomic mass is 79.9. The Labute approximate surface area is 265 Å². The molecule has 228 valence electrons. The minimum atomic E-state index is -1.19. The molecular weight excluding hydrogens is 658 g/mol. The second kappa shape index (κ2) is 11.3. The number of hydrogen-bond donors (Lipinski definition) is 2. The predicted molar refractivity (Wildman–Crippen MR) is 165 cm³/mol. The number of nitrogens with two attached hydrogens (primary N) is 1. The van der Waals surface area contributed by atoms with Crippen LogP contribution in [0, 0.1) is 24.5 Å². The van der Waals surface area contributed by atoms with Crippen molar-refractivity contribution in [2.45, 2.75) is 38.0 Å². The van der Waals surface area contributed by atoms with Crippen LogP contribution in [0.25, 0.3) is 22.2 Å². The van der Waals surface area contributed by atoms with Gasteiger partial charge in [0.25, 0.3) is 5.91 Å². The Morgan fingerprint density at radius 2 is 1.93 bits per heavy atom. The van der Waals surface area contributed by atoms with Gasteiger partial charge in [0, 0.05) is 46.3 Å². The van der Waals surface area contributed by atoms with Gasteiger partial charge in [0.1, 0.15) is 46.4 Å². The molecule has 2 atom stereocenters. The summed E-state index contributed by atoms with van der Waals surface area (Å²) in [5, 5.41) is 4.15. The molecule has 44 heavy (non-hydrogen) atoms. The first-order valence-electron chi connectivity index (χ1n) is 14.0. The van der Waals surface area contributed by atoms with Gasteiger partial charge < -0.3 is 20.5 Å². The zero-order valence-electron chi connectivity index (χ0n) is 24.1. The van der Waals surface area contributed by atoms with Crippen LogP contribution in [0.15, 0.2) is 40.9 Å². The van der Waals surface area contributed by atoms with Crippen molar-refractivity contribution in [1.82, 2.24) is 15.3 Å². The molecule has 2 aromatic carbocycles. The van der Waals surface area contributed by atoms with Gasteiger partial charge in [0.05, 0.1) is 22.3 Å². The van der Waals surface area contributed by atoms with E-state index >= 15 is 4.39 Å². The number of carbonyl (C=O) groups excluding carboxylic acids is 2. The van der Waals surface area contributed by atoms with E-state index in [2.05, 4.69) is 26.2 Å². The molecule has 3 heterocycles. The molecule has 4 aromatic rings. The third-order valence-electron chi connectivity index (χ3n) is 8.45. The second-order valence-corrected chi connectivity index (χ2v) is 12.7. The number of halogens is 4. The molecule has 1 saturated carbocycles. The largest absolute Gasteiger partial charge is 0.494 e. The summed E-state index contributed by atoms with van der Waals surface area (Å²) >= 11 is 9.43. The number of benzene rings is 2. The summed E-state index contributed by atoms with van der Waals surface area (Å²) in [6.07, 6.45) is 1.81. The lowest BCUT2D eigenvalue weighted by atomic mass is 9.82. The zero-order valence-corrected chi connectivity index (χ0v) is 26.4. The number of fused-ring (bicyclic) bond motifs is 2. The van der Waals surface area contributed by atoms with E-state index in [1.54, 1.807) is 38.1 Å². The lowest BCUT2D eigenvalue weighted by Crippen LogP contribution is -2.40. The van der Waals surface area contributed by atoms with Crippen molar-refractivity contribution in [2.24, 2.45) is 11.7 Å². The number of amides is 2. The van der Waals surface area contributed by atoms with Gasteiger partial charge in [-0.2, -0.15) is 0 Å². The third kappa shape index (κ3) is 5.26. The van der Waals surface area contributed by atoms with Gasteiger partial charge >= 0.3 is 0 Å². The van der Waals surface area contributed by atoms with Crippen molar-refractivity contribution in [2.75, 3.05) is 20.3 Å². The number of nitrogens with one attached hydrogen (secondary N) is 1. The Morgan fingerprint density at radius 3 is 2.61 bits per heavy atom. The summed E-state index contributed by atoms with van der Waals surface area (Å²) in [4.78, 5) is 35.4. The maximum absolute atomic E-state index is 15.2. The molecule has 0 bridgehead atoms. The summed E-state index contributed by atoms with van der Waals surface area (Å²) < 4.78 is 40.8. The van der Waals surface area contributed by atoms with Crippen molar-refractivity contribution >= 4 is 50.2 Å². The molecule has 8 nitrogen and oxygen atoms in total. The number of aromatic nitrogens is 2. The smallest absolute Gasteiger partial charge is 0.251 e. The summed E-state index contributed by atoms with van der Waals surface area (Å²) in [5.41, 5.74) is 7.37. The molecule has 0 saturated heterocycles. The Kier molecular flexibility index (Phi) is 7.73. The molecule has 0 spiro atoms. The van der Waals surface area contributed by atoms with Crippen LogP contribution in [-0.2, 0) is 10.2 Å². The van der Waals surface area contributed by atoms with Gasteiger partial charge in [-0.05, 0) is 78.9 Å². The fourth-order valence-corrected chi connectivity index (χ4v) is 6.11. The van der Waals surface area contributed by atoms with E-state index in [9.17, 15) is 14.0 Å². The molecule has 6 rings (SSSR count). The number of carbonyl (C=O) groups is 2. The number of pyridine rings is 2. The minimum Gasteiger partial charge on any atom is -0.494 e. The fourth-order valence-electron chi connectivity index (χ4n) is 5.61. The Morgan fingerprint density at radius 1 is 1.18 bits per heavy atom. The van der Waals surface area contributed by atoms with Crippen molar-refractivity contribution in [3.63, 3.8) is 0 Å². The Balaban J connectivity index is 1.38. The molecule has 2 aliphatic rings. The lowest BCUT2D eigenvalue weighted by molar-refractivity contribution is -0.123. The maximum atomic E-state index is 15.2. The van der Waals surface area contributed by atoms with Crippen LogP contribution in [-0.4, -0.2) is 42.0 Å². The average Bonchev–Trinajstić information content (AvgIpc) is 3.77. The first-order valence-corrected chi connectivity index (χ1v) is 15.1. The van der Waals surface area contributed by atoms with E-state index in [1.807, 2.05) is 0 Å². The van der Waals surface area contributed by atoms with Crippen LogP contribution in [0.4, 0.5) is 8.78 Å². The summed E-state index contributed by atoms with van der Waals surface area (Å²) in [6.45, 7) is 3.62. The summed E-state index contributed by atoms with van der Waals surface area (Å²) in [5.74, 6) is -1.96. The number of aryl methyl sites for hydroxylation is 1. The Bertz CT molecular complexity index is 1870. The highest BCUT2D eigenvalue weighted by Crippen LogP contribution is 2.49. The van der Waals surface area contributed by atoms with Gasteiger partial charge in [0.15, 0.2) is 0 Å². The van der Waals surface area contributed by atoms with Crippen LogP contribution < -0.4 is 20.5 Å². The third-order valence-corrected chi connectivity index (χ3v) is 9.44. The number of nitrogens with zero attached hydrogens (tertiary/aromatic N) is 2. The highest BCUT2D eigenvalue weighted by Gasteiger charge is 2.45. The fraction of sp³-hybridized carbons (Fsp3) is 0.312. The standard InChI is InChI=1S/C32H28BrClF2N4O4/c1-14-22(34)7-16-6-17(8-26(43-3)27(16)39-14)30(41)38-12-19(15-4-5-15)25-10-20-29(44-13-32(20,2)31(37)42)28(40-25)18-9-21(33)24(36)11-23(18)35/h6-11,15,19H,4-5,12-13H2,1-3H3,(H2,37,42)(H,38,41)/t19-,32-/m0/s1. The molecule has 1 fully saturated rings. The van der Waals surface area contributed by atoms with E-state index in [0.29, 0.717) is 44.2 Å². The van der Waals surface area contributed by atoms with Crippen LogP contribution in [0.1, 0.15) is 53.0 Å². The van der Waals surface area contributed by atoms with E-state index in [0.717, 1.165) is 18.9 Å². The normalized spacial score (nSPS) is 18.1. The molecule has 0 radical (unpaired) electrons. The van der Waals surface area contributed by atoms with E-state index in [-0.39, 0.29) is 52.4 Å². The molecule has 1 aliphatic heterocycles. The van der Waals surface area contributed by atoms with Gasteiger partial charge in [-0.1, -0.05) is 11.6 Å². The first-order chi connectivity index (χ1) is 20.9. The molecule has 3 N–H and O–H groups in total. The van der Waals surface area contributed by atoms with Crippen LogP contribution >= 0.6 is 27.5 Å². The van der Waals surface area contributed by atoms with Gasteiger partial charge in [-0.3, -0.25) is 9.59 Å². The summed E-state index contributed by atoms with van der Waals surface area (Å²) in [6, 6.07) is 8.89. The highest BCUT2D eigenvalue weighted by molar-refractivity contribution is 9.10. The maximum Gasteiger partial charge on any atom is 0.251 e. The van der Waals surface area contributed by atoms with E-state index < -0.39 is 23.0 Å². The number of rotatable bonds is 8. The molecular formula is C32H28BrClF2N4O4. The van der Waals surface area contributed by atoms with Crippen molar-refractivity contribution in [3.8, 4) is 22.8 Å². The topological polar surface area (TPSA) is 116 Å². The molecule has 1 aliphatic carbocycles. The number of primary amides is 1. The molecule has 2 aromatic heterocycles. The second-order valence-electron chi connectivity index (χ2n) is 11.5. The van der Waals surface area contributed by atoms with Crippen molar-refractivity contribution < 1.29 is 27.8 Å². The van der Waals surface area contributed by atoms with Gasteiger partial charge in [-0.25, -0.2) is 18.7 Å². The van der Waals surface area contributed by atoms with E-state index in [1.165, 1.54) is 13.2 Å². The SMILES string of the molecule is COc1cc(C(=O)NC[C@H](c2cc3c(c(-c4cc(Br)c(F)cc4F)n2)OC[C@]3(C)C(N)=O)C2CC2)cc2cc(Cl)c(C)nc12. The van der Waals surface area contributed by atoms with Gasteiger partial charge in [0.2, 0.25) is 5.91 Å². The monoisotopic (exact) mass is 684 g/mol. The quantitative estimate of drug-likeness (QED) is 0.209. The Hall–Kier alpha value is -3.83. The van der Waals surface area contributed by atoms with Crippen molar-refractivity contribution in [1.29, 1.82) is 0 Å². The van der Waals surface area contributed by atoms with Gasteiger partial charge in [-0.15, -0.1) is 0 Å². The summed E-state index contributed by atoms with van der Waals surface area (Å²) in [7, 11) is 1.51. The zero-order chi connectivity index (χ0) is 31.5. The predicted octanol–water partition coefficient (Wildman–Crippen LogP) is 6.37. The van der Waals surface area contributed by atoms with Crippen molar-refractivity contribution in [3.05, 3.63) is 80.0 Å². The first kappa shape index (κ1) is 30.2. The molecule has 2 amide bonds. The van der Waals surface area contributed by atoms with Crippen LogP contribution in [0.3, 0.4) is 0 Å². The van der Waals surface area contributed by atoms with Crippen LogP contribution in [0.2, 0.25) is 5.02 Å². The average molecular weight is 686 g/mol. The number of ether oxygens (including phenoxy) is 2. The molecule has 12 heteroatoms.